The summed E-state index contributed by atoms with van der Waals surface area (Å²) >= 11 is 9.81. The summed E-state index contributed by atoms with van der Waals surface area (Å²) in [6.45, 7) is 9.72. The number of carbonyl (C=O) groups is 2. The smallest absolute Gasteiger partial charge is 0.261 e. The first-order valence-corrected chi connectivity index (χ1v) is 11.5. The summed E-state index contributed by atoms with van der Waals surface area (Å²) in [4.78, 5) is 27.2. The lowest BCUT2D eigenvalue weighted by atomic mass is 10.0. The molecule has 0 fully saturated rings. The molecule has 2 aromatic carbocycles. The minimum Gasteiger partial charge on any atom is -0.483 e. The fraction of sp³-hybridized carbons (Fsp3) is 0.417. The summed E-state index contributed by atoms with van der Waals surface area (Å²) in [5.74, 6) is 0.442. The quantitative estimate of drug-likeness (QED) is 0.482. The summed E-state index contributed by atoms with van der Waals surface area (Å²) in [5, 5.41) is 3.41. The number of nitrogens with zero attached hydrogens (tertiary/aromatic N) is 1. The van der Waals surface area contributed by atoms with E-state index in [1.54, 1.807) is 13.0 Å². The lowest BCUT2D eigenvalue weighted by Crippen LogP contribution is -2.50. The Bertz CT molecular complexity index is 917. The maximum absolute atomic E-state index is 13.1. The number of benzene rings is 2. The number of rotatable bonds is 9. The van der Waals surface area contributed by atoms with Gasteiger partial charge in [0.15, 0.2) is 6.61 Å². The molecule has 1 atom stereocenters. The SMILES string of the molecule is CC(C)NC(=O)[C@@H](C)N(Cc1ccccc1Cl)C(=O)COc1ccc(C(C)C)cc1Br. The zero-order valence-electron chi connectivity index (χ0n) is 18.6. The fourth-order valence-electron chi connectivity index (χ4n) is 3.01. The molecule has 31 heavy (non-hydrogen) atoms. The van der Waals surface area contributed by atoms with Crippen molar-refractivity contribution in [2.24, 2.45) is 0 Å². The Balaban J connectivity index is 2.19. The molecule has 168 valence electrons. The summed E-state index contributed by atoms with van der Waals surface area (Å²) < 4.78 is 6.58. The molecule has 1 N–H and O–H groups in total. The first-order chi connectivity index (χ1) is 14.6. The second kappa shape index (κ2) is 11.5. The van der Waals surface area contributed by atoms with Crippen LogP contribution < -0.4 is 10.1 Å². The van der Waals surface area contributed by atoms with E-state index in [2.05, 4.69) is 35.1 Å². The van der Waals surface area contributed by atoms with Gasteiger partial charge in [-0.1, -0.05) is 49.7 Å². The molecule has 0 aromatic heterocycles. The average molecular weight is 510 g/mol. The van der Waals surface area contributed by atoms with Gasteiger partial charge in [-0.2, -0.15) is 0 Å². The molecule has 2 amide bonds. The van der Waals surface area contributed by atoms with Crippen LogP contribution in [0.1, 0.15) is 51.7 Å². The van der Waals surface area contributed by atoms with Gasteiger partial charge in [-0.3, -0.25) is 9.59 Å². The fourth-order valence-corrected chi connectivity index (χ4v) is 3.72. The molecule has 0 saturated carbocycles. The maximum atomic E-state index is 13.1. The molecule has 7 heteroatoms. The van der Waals surface area contributed by atoms with E-state index in [9.17, 15) is 9.59 Å². The van der Waals surface area contributed by atoms with Gasteiger partial charge >= 0.3 is 0 Å². The summed E-state index contributed by atoms with van der Waals surface area (Å²) in [6.07, 6.45) is 0. The summed E-state index contributed by atoms with van der Waals surface area (Å²) in [6, 6.07) is 12.4. The van der Waals surface area contributed by atoms with Crippen LogP contribution in [0.4, 0.5) is 0 Å². The third kappa shape index (κ3) is 7.25. The second-order valence-corrected chi connectivity index (χ2v) is 9.35. The number of carbonyl (C=O) groups excluding carboxylic acids is 2. The van der Waals surface area contributed by atoms with Crippen molar-refractivity contribution >= 4 is 39.3 Å². The number of amides is 2. The molecule has 2 rings (SSSR count). The Morgan fingerprint density at radius 3 is 2.35 bits per heavy atom. The van der Waals surface area contributed by atoms with Crippen LogP contribution in [-0.2, 0) is 16.1 Å². The highest BCUT2D eigenvalue weighted by molar-refractivity contribution is 9.10. The molecule has 0 bridgehead atoms. The van der Waals surface area contributed by atoms with Gasteiger partial charge in [0.25, 0.3) is 5.91 Å². The van der Waals surface area contributed by atoms with Gasteiger partial charge in [-0.25, -0.2) is 0 Å². The predicted octanol–water partition coefficient (Wildman–Crippen LogP) is 5.55. The molecule has 0 saturated heterocycles. The molecule has 0 spiro atoms. The highest BCUT2D eigenvalue weighted by Gasteiger charge is 2.27. The number of nitrogens with one attached hydrogen (secondary N) is 1. The van der Waals surface area contributed by atoms with Crippen LogP contribution in [0.15, 0.2) is 46.9 Å². The van der Waals surface area contributed by atoms with Crippen LogP contribution in [-0.4, -0.2) is 35.4 Å². The van der Waals surface area contributed by atoms with E-state index in [1.165, 1.54) is 10.5 Å². The van der Waals surface area contributed by atoms with Crippen molar-refractivity contribution in [2.75, 3.05) is 6.61 Å². The van der Waals surface area contributed by atoms with E-state index in [0.29, 0.717) is 16.7 Å². The van der Waals surface area contributed by atoms with Crippen LogP contribution in [0.3, 0.4) is 0 Å². The normalized spacial score (nSPS) is 12.0. The molecule has 0 aliphatic heterocycles. The van der Waals surface area contributed by atoms with Crippen LogP contribution in [0.5, 0.6) is 5.75 Å². The van der Waals surface area contributed by atoms with E-state index in [-0.39, 0.29) is 31.0 Å². The van der Waals surface area contributed by atoms with E-state index in [0.717, 1.165) is 10.0 Å². The Hall–Kier alpha value is -2.05. The van der Waals surface area contributed by atoms with Crippen LogP contribution in [0.2, 0.25) is 5.02 Å². The Morgan fingerprint density at radius 1 is 1.10 bits per heavy atom. The maximum Gasteiger partial charge on any atom is 0.261 e. The molecular weight excluding hydrogens is 480 g/mol. The largest absolute Gasteiger partial charge is 0.483 e. The lowest BCUT2D eigenvalue weighted by Gasteiger charge is -2.29. The first kappa shape index (κ1) is 25.2. The highest BCUT2D eigenvalue weighted by Crippen LogP contribution is 2.29. The number of halogens is 2. The third-order valence-electron chi connectivity index (χ3n) is 4.87. The van der Waals surface area contributed by atoms with Crippen LogP contribution >= 0.6 is 27.5 Å². The van der Waals surface area contributed by atoms with Crippen LogP contribution in [0.25, 0.3) is 0 Å². The average Bonchev–Trinajstić information content (AvgIpc) is 2.70. The molecule has 0 unspecified atom stereocenters. The zero-order valence-corrected chi connectivity index (χ0v) is 21.0. The zero-order chi connectivity index (χ0) is 23.1. The van der Waals surface area contributed by atoms with Gasteiger partial charge in [0.1, 0.15) is 11.8 Å². The molecule has 0 radical (unpaired) electrons. The molecule has 0 heterocycles. The first-order valence-electron chi connectivity index (χ1n) is 10.4. The van der Waals surface area contributed by atoms with E-state index >= 15 is 0 Å². The van der Waals surface area contributed by atoms with Gasteiger partial charge in [0.05, 0.1) is 4.47 Å². The third-order valence-corrected chi connectivity index (χ3v) is 5.86. The number of hydrogen-bond acceptors (Lipinski definition) is 3. The van der Waals surface area contributed by atoms with Crippen molar-refractivity contribution in [3.8, 4) is 5.75 Å². The monoisotopic (exact) mass is 508 g/mol. The Kier molecular flexibility index (Phi) is 9.38. The highest BCUT2D eigenvalue weighted by atomic mass is 79.9. The Morgan fingerprint density at radius 2 is 1.77 bits per heavy atom. The summed E-state index contributed by atoms with van der Waals surface area (Å²) in [7, 11) is 0. The number of hydrogen-bond donors (Lipinski definition) is 1. The molecule has 2 aromatic rings. The van der Waals surface area contributed by atoms with Gasteiger partial charge in [0.2, 0.25) is 5.91 Å². The van der Waals surface area contributed by atoms with Gasteiger partial charge in [-0.05, 0) is 71.9 Å². The van der Waals surface area contributed by atoms with Crippen molar-refractivity contribution in [1.29, 1.82) is 0 Å². The van der Waals surface area contributed by atoms with Crippen molar-refractivity contribution in [1.82, 2.24) is 10.2 Å². The van der Waals surface area contributed by atoms with E-state index in [4.69, 9.17) is 16.3 Å². The minimum atomic E-state index is -0.679. The minimum absolute atomic E-state index is 0.0288. The van der Waals surface area contributed by atoms with Gasteiger partial charge in [-0.15, -0.1) is 0 Å². The van der Waals surface area contributed by atoms with Gasteiger partial charge in [0, 0.05) is 17.6 Å². The van der Waals surface area contributed by atoms with E-state index in [1.807, 2.05) is 50.2 Å². The number of ether oxygens (including phenoxy) is 1. The predicted molar refractivity (Wildman–Crippen MR) is 128 cm³/mol. The van der Waals surface area contributed by atoms with Crippen molar-refractivity contribution in [2.45, 2.75) is 59.2 Å². The van der Waals surface area contributed by atoms with Crippen LogP contribution in [0, 0.1) is 0 Å². The molecule has 0 aliphatic rings. The molecular formula is C24H30BrClN2O3. The van der Waals surface area contributed by atoms with Crippen molar-refractivity contribution in [3.63, 3.8) is 0 Å². The second-order valence-electron chi connectivity index (χ2n) is 8.09. The van der Waals surface area contributed by atoms with Crippen molar-refractivity contribution < 1.29 is 14.3 Å². The molecule has 0 aliphatic carbocycles. The topological polar surface area (TPSA) is 58.6 Å². The van der Waals surface area contributed by atoms with Crippen molar-refractivity contribution in [3.05, 3.63) is 63.1 Å². The Labute approximate surface area is 198 Å². The standard InChI is InChI=1S/C24H30BrClN2O3/c1-15(2)18-10-11-22(20(25)12-18)31-14-23(29)28(17(5)24(30)27-16(3)4)13-19-8-6-7-9-21(19)26/h6-12,15-17H,13-14H2,1-5H3,(H,27,30)/t17-/m1/s1. The van der Waals surface area contributed by atoms with E-state index < -0.39 is 6.04 Å². The molecule has 5 nitrogen and oxygen atoms in total. The summed E-state index contributed by atoms with van der Waals surface area (Å²) in [5.41, 5.74) is 1.94. The lowest BCUT2D eigenvalue weighted by molar-refractivity contribution is -0.142. The van der Waals surface area contributed by atoms with Gasteiger partial charge < -0.3 is 15.0 Å².